The van der Waals surface area contributed by atoms with Crippen LogP contribution in [0.5, 0.6) is 11.5 Å². The Bertz CT molecular complexity index is 1720. The van der Waals surface area contributed by atoms with Gasteiger partial charge in [-0.25, -0.2) is 4.68 Å². The number of carbonyl (C=O) groups excluding carboxylic acids is 1. The predicted octanol–water partition coefficient (Wildman–Crippen LogP) is 9.13. The van der Waals surface area contributed by atoms with Gasteiger partial charge in [-0.2, -0.15) is 4.98 Å². The Morgan fingerprint density at radius 1 is 1.00 bits per heavy atom. The molecule has 1 aliphatic rings. The Balaban J connectivity index is 1.51. The van der Waals surface area contributed by atoms with Gasteiger partial charge < -0.3 is 20.1 Å². The van der Waals surface area contributed by atoms with Crippen molar-refractivity contribution in [2.24, 2.45) is 0 Å². The fraction of sp³-hybridized carbons (Fsp3) is 0.361. The molecule has 4 aromatic rings. The van der Waals surface area contributed by atoms with Crippen molar-refractivity contribution in [1.82, 2.24) is 14.8 Å². The minimum absolute atomic E-state index is 0.218. The highest BCUT2D eigenvalue weighted by Crippen LogP contribution is 2.40. The number of nitrogens with one attached hydrogen (secondary N) is 2. The smallest absolute Gasteiger partial charge is 0.255 e. The molecule has 1 aromatic heterocycles. The first kappa shape index (κ1) is 33.4. The molecule has 46 heavy (non-hydrogen) atoms. The third kappa shape index (κ3) is 7.70. The van der Waals surface area contributed by atoms with Crippen LogP contribution in [0.15, 0.2) is 77.1 Å². The number of amides is 1. The van der Waals surface area contributed by atoms with Gasteiger partial charge in [-0.05, 0) is 80.6 Å². The first-order chi connectivity index (χ1) is 22.3. The molecule has 1 unspecified atom stereocenters. The molecular weight excluding hydrogens is 618 g/mol. The van der Waals surface area contributed by atoms with E-state index in [0.717, 1.165) is 40.8 Å². The van der Waals surface area contributed by atoms with E-state index >= 15 is 0 Å². The van der Waals surface area contributed by atoms with Crippen molar-refractivity contribution in [2.45, 2.75) is 77.3 Å². The normalized spacial score (nSPS) is 14.1. The zero-order chi connectivity index (χ0) is 32.6. The van der Waals surface area contributed by atoms with Crippen molar-refractivity contribution < 1.29 is 14.3 Å². The van der Waals surface area contributed by atoms with E-state index in [2.05, 4.69) is 17.6 Å². The number of thioether (sulfide) groups is 1. The van der Waals surface area contributed by atoms with Crippen molar-refractivity contribution in [3.63, 3.8) is 0 Å². The number of aryl methyl sites for hydroxylation is 1. The van der Waals surface area contributed by atoms with Crippen LogP contribution in [0.4, 0.5) is 11.6 Å². The average Bonchev–Trinajstić information content (AvgIpc) is 3.45. The minimum Gasteiger partial charge on any atom is -0.490 e. The van der Waals surface area contributed by atoms with E-state index in [9.17, 15) is 4.79 Å². The van der Waals surface area contributed by atoms with Gasteiger partial charge >= 0.3 is 0 Å². The fourth-order valence-corrected chi connectivity index (χ4v) is 6.54. The number of carbonyl (C=O) groups is 1. The maximum absolute atomic E-state index is 14.1. The van der Waals surface area contributed by atoms with Gasteiger partial charge in [0.1, 0.15) is 6.04 Å². The van der Waals surface area contributed by atoms with Crippen molar-refractivity contribution in [3.05, 3.63) is 99.2 Å². The first-order valence-electron chi connectivity index (χ1n) is 15.9. The van der Waals surface area contributed by atoms with Gasteiger partial charge in [0.25, 0.3) is 5.91 Å². The summed E-state index contributed by atoms with van der Waals surface area (Å²) in [5.41, 5.74) is 5.97. The number of benzene rings is 3. The second kappa shape index (κ2) is 15.6. The zero-order valence-electron chi connectivity index (χ0n) is 27.2. The number of hydrogen-bond donors (Lipinski definition) is 2. The van der Waals surface area contributed by atoms with E-state index < -0.39 is 6.04 Å². The molecule has 1 atom stereocenters. The fourth-order valence-electron chi connectivity index (χ4n) is 5.42. The van der Waals surface area contributed by atoms with Crippen LogP contribution in [0.1, 0.15) is 74.8 Å². The van der Waals surface area contributed by atoms with E-state index in [-0.39, 0.29) is 5.91 Å². The number of allylic oxidation sites excluding steroid dienone is 1. The van der Waals surface area contributed by atoms with Gasteiger partial charge in [0, 0.05) is 22.2 Å². The molecule has 0 spiro atoms. The summed E-state index contributed by atoms with van der Waals surface area (Å²) in [4.78, 5) is 19.0. The second-order valence-electron chi connectivity index (χ2n) is 11.4. The van der Waals surface area contributed by atoms with Crippen LogP contribution < -0.4 is 20.1 Å². The molecule has 0 aliphatic carbocycles. The number of anilines is 2. The number of halogens is 1. The molecule has 2 heterocycles. The number of unbranched alkanes of at least 4 members (excludes halogenated alkanes) is 3. The Kier molecular flexibility index (Phi) is 11.3. The van der Waals surface area contributed by atoms with Gasteiger partial charge in [0.15, 0.2) is 11.5 Å². The Hall–Kier alpha value is -3.95. The summed E-state index contributed by atoms with van der Waals surface area (Å²) in [6, 6.07) is 19.0. The Morgan fingerprint density at radius 3 is 2.61 bits per heavy atom. The van der Waals surface area contributed by atoms with Crippen molar-refractivity contribution in [3.8, 4) is 11.5 Å². The highest BCUT2D eigenvalue weighted by atomic mass is 35.5. The van der Waals surface area contributed by atoms with Crippen molar-refractivity contribution in [1.29, 1.82) is 0 Å². The van der Waals surface area contributed by atoms with Gasteiger partial charge in [-0.3, -0.25) is 4.79 Å². The molecule has 0 saturated heterocycles. The SMILES string of the molecule is CCCCCCOc1ccc(C2C(C(=O)Nc3cccc(C)c3C)=C(C)Nc3nc(SCc4ccccc4Cl)nn32)cc1OCC. The molecule has 0 saturated carbocycles. The molecular formula is C36H42ClN5O3S. The number of ether oxygens (including phenoxy) is 2. The van der Waals surface area contributed by atoms with Crippen LogP contribution in [-0.2, 0) is 10.5 Å². The van der Waals surface area contributed by atoms with Crippen molar-refractivity contribution in [2.75, 3.05) is 23.8 Å². The highest BCUT2D eigenvalue weighted by molar-refractivity contribution is 7.98. The third-order valence-corrected chi connectivity index (χ3v) is 9.34. The third-order valence-electron chi connectivity index (χ3n) is 8.08. The Morgan fingerprint density at radius 2 is 1.83 bits per heavy atom. The zero-order valence-corrected chi connectivity index (χ0v) is 28.7. The summed E-state index contributed by atoms with van der Waals surface area (Å²) in [6.07, 6.45) is 4.47. The first-order valence-corrected chi connectivity index (χ1v) is 17.2. The van der Waals surface area contributed by atoms with Crippen LogP contribution in [0.25, 0.3) is 0 Å². The molecule has 1 aliphatic heterocycles. The standard InChI is InChI=1S/C36H42ClN5O3S/c1-6-8-9-12-20-45-30-19-18-26(21-31(30)44-7-2)33-32(34(43)39-29-17-13-14-23(3)24(29)4)25(5)38-35-40-36(41-42(33)35)46-22-27-15-10-11-16-28(27)37/h10-11,13-19,21,33H,6-9,12,20,22H2,1-5H3,(H,39,43)(H,38,40,41). The van der Waals surface area contributed by atoms with Crippen LogP contribution in [0.2, 0.25) is 5.02 Å². The lowest BCUT2D eigenvalue weighted by molar-refractivity contribution is -0.113. The summed E-state index contributed by atoms with van der Waals surface area (Å²) in [6.45, 7) is 11.2. The van der Waals surface area contributed by atoms with E-state index in [1.165, 1.54) is 24.6 Å². The Labute approximate surface area is 280 Å². The second-order valence-corrected chi connectivity index (χ2v) is 12.7. The average molecular weight is 660 g/mol. The maximum atomic E-state index is 14.1. The minimum atomic E-state index is -0.568. The highest BCUT2D eigenvalue weighted by Gasteiger charge is 2.35. The lowest BCUT2D eigenvalue weighted by Crippen LogP contribution is -2.31. The number of hydrogen-bond acceptors (Lipinski definition) is 7. The van der Waals surface area contributed by atoms with Gasteiger partial charge in [0.05, 0.1) is 18.8 Å². The molecule has 0 bridgehead atoms. The molecule has 2 N–H and O–H groups in total. The van der Waals surface area contributed by atoms with Gasteiger partial charge in [-0.15, -0.1) is 5.10 Å². The molecule has 1 amide bonds. The summed E-state index contributed by atoms with van der Waals surface area (Å²) >= 11 is 7.91. The quantitative estimate of drug-likeness (QED) is 0.103. The van der Waals surface area contributed by atoms with E-state index in [0.29, 0.717) is 57.9 Å². The maximum Gasteiger partial charge on any atom is 0.255 e. The van der Waals surface area contributed by atoms with Gasteiger partial charge in [-0.1, -0.05) is 85.9 Å². The summed E-state index contributed by atoms with van der Waals surface area (Å²) in [5.74, 6) is 2.27. The predicted molar refractivity (Wildman–Crippen MR) is 187 cm³/mol. The van der Waals surface area contributed by atoms with Crippen LogP contribution in [-0.4, -0.2) is 33.9 Å². The van der Waals surface area contributed by atoms with Crippen LogP contribution in [0.3, 0.4) is 0 Å². The molecule has 242 valence electrons. The van der Waals surface area contributed by atoms with Crippen LogP contribution >= 0.6 is 23.4 Å². The van der Waals surface area contributed by atoms with Crippen molar-refractivity contribution >= 4 is 40.9 Å². The number of aromatic nitrogens is 3. The summed E-state index contributed by atoms with van der Waals surface area (Å²) in [7, 11) is 0. The number of fused-ring (bicyclic) bond motifs is 1. The van der Waals surface area contributed by atoms with E-state index in [1.54, 1.807) is 4.68 Å². The molecule has 5 rings (SSSR count). The molecule has 0 fully saturated rings. The summed E-state index contributed by atoms with van der Waals surface area (Å²) in [5, 5.41) is 12.7. The molecule has 3 aromatic carbocycles. The van der Waals surface area contributed by atoms with E-state index in [1.807, 2.05) is 88.4 Å². The monoisotopic (exact) mass is 659 g/mol. The molecule has 10 heteroatoms. The largest absolute Gasteiger partial charge is 0.490 e. The van der Waals surface area contributed by atoms with E-state index in [4.69, 9.17) is 31.2 Å². The topological polar surface area (TPSA) is 90.3 Å². The number of nitrogens with zero attached hydrogens (tertiary/aromatic N) is 3. The molecule has 0 radical (unpaired) electrons. The lowest BCUT2D eigenvalue weighted by Gasteiger charge is -2.29. The molecule has 8 nitrogen and oxygen atoms in total. The van der Waals surface area contributed by atoms with Gasteiger partial charge in [0.2, 0.25) is 11.1 Å². The van der Waals surface area contributed by atoms with Crippen LogP contribution in [0, 0.1) is 13.8 Å². The number of rotatable bonds is 14. The summed E-state index contributed by atoms with van der Waals surface area (Å²) < 4.78 is 14.0. The lowest BCUT2D eigenvalue weighted by atomic mass is 9.94.